The van der Waals surface area contributed by atoms with Crippen molar-refractivity contribution in [2.45, 2.75) is 25.2 Å². The normalized spacial score (nSPS) is 24.9. The second-order valence-electron chi connectivity index (χ2n) is 5.80. The first kappa shape index (κ1) is 12.9. The monoisotopic (exact) mass is 266 g/mol. The van der Waals surface area contributed by atoms with E-state index >= 15 is 0 Å². The van der Waals surface area contributed by atoms with Crippen LogP contribution >= 0.6 is 0 Å². The van der Waals surface area contributed by atoms with E-state index in [1.165, 1.54) is 11.1 Å². The molecule has 0 spiro atoms. The van der Waals surface area contributed by atoms with E-state index in [1.54, 1.807) is 0 Å². The molecule has 2 atom stereocenters. The lowest BCUT2D eigenvalue weighted by Gasteiger charge is -2.39. The molecule has 0 aliphatic heterocycles. The molecule has 0 heterocycles. The second-order valence-corrected chi connectivity index (χ2v) is 5.80. The maximum atomic E-state index is 11.5. The van der Waals surface area contributed by atoms with Crippen LogP contribution in [0.25, 0.3) is 0 Å². The molecular formula is C18H18O2. The fourth-order valence-corrected chi connectivity index (χ4v) is 3.43. The number of carboxylic acid groups (broad SMARTS) is 1. The van der Waals surface area contributed by atoms with Gasteiger partial charge in [-0.15, -0.1) is 0 Å². The predicted octanol–water partition coefficient (Wildman–Crippen LogP) is 3.64. The van der Waals surface area contributed by atoms with Crippen LogP contribution in [0.2, 0.25) is 0 Å². The zero-order valence-corrected chi connectivity index (χ0v) is 11.5. The van der Waals surface area contributed by atoms with Crippen LogP contribution in [0.5, 0.6) is 0 Å². The summed E-state index contributed by atoms with van der Waals surface area (Å²) in [5.74, 6) is -1.00. The zero-order chi connectivity index (χ0) is 14.2. The van der Waals surface area contributed by atoms with E-state index in [4.69, 9.17) is 0 Å². The number of hydrogen-bond donors (Lipinski definition) is 1. The summed E-state index contributed by atoms with van der Waals surface area (Å²) in [6.07, 6.45) is 1.29. The number of rotatable bonds is 2. The van der Waals surface area contributed by atoms with Crippen molar-refractivity contribution in [3.63, 3.8) is 0 Å². The van der Waals surface area contributed by atoms with Gasteiger partial charge in [-0.1, -0.05) is 61.5 Å². The Morgan fingerprint density at radius 2 is 1.75 bits per heavy atom. The van der Waals surface area contributed by atoms with Crippen LogP contribution in [-0.2, 0) is 16.6 Å². The molecular weight excluding hydrogens is 248 g/mol. The highest BCUT2D eigenvalue weighted by molar-refractivity contribution is 5.72. The Kier molecular flexibility index (Phi) is 3.09. The molecule has 102 valence electrons. The van der Waals surface area contributed by atoms with Gasteiger partial charge in [-0.05, 0) is 29.5 Å². The number of carbonyl (C=O) groups is 1. The summed E-state index contributed by atoms with van der Waals surface area (Å²) in [7, 11) is 0. The standard InChI is InChI=1S/C18H18O2/c1-18(15-8-3-2-4-9-15)12-14(17(19)20)11-13-7-5-6-10-16(13)18/h2-10,14H,11-12H2,1H3,(H,19,20)/t14-,18+/m0/s1. The van der Waals surface area contributed by atoms with Crippen LogP contribution in [0.4, 0.5) is 0 Å². The first-order valence-corrected chi connectivity index (χ1v) is 6.98. The van der Waals surface area contributed by atoms with E-state index in [2.05, 4.69) is 31.2 Å². The second kappa shape index (κ2) is 4.78. The van der Waals surface area contributed by atoms with Gasteiger partial charge in [0.2, 0.25) is 0 Å². The van der Waals surface area contributed by atoms with Crippen molar-refractivity contribution in [3.8, 4) is 0 Å². The van der Waals surface area contributed by atoms with Crippen molar-refractivity contribution in [2.24, 2.45) is 5.92 Å². The molecule has 0 amide bonds. The Balaban J connectivity index is 2.16. The molecule has 2 heteroatoms. The topological polar surface area (TPSA) is 37.3 Å². The predicted molar refractivity (Wildman–Crippen MR) is 78.8 cm³/mol. The third-order valence-corrected chi connectivity index (χ3v) is 4.49. The molecule has 0 saturated carbocycles. The molecule has 0 bridgehead atoms. The first-order chi connectivity index (χ1) is 9.61. The number of carboxylic acids is 1. The van der Waals surface area contributed by atoms with Gasteiger partial charge < -0.3 is 5.11 Å². The zero-order valence-electron chi connectivity index (χ0n) is 11.5. The summed E-state index contributed by atoms with van der Waals surface area (Å²) in [5, 5.41) is 9.44. The van der Waals surface area contributed by atoms with Gasteiger partial charge in [0.15, 0.2) is 0 Å². The average molecular weight is 266 g/mol. The van der Waals surface area contributed by atoms with Crippen LogP contribution in [-0.4, -0.2) is 11.1 Å². The minimum Gasteiger partial charge on any atom is -0.481 e. The van der Waals surface area contributed by atoms with E-state index < -0.39 is 5.97 Å². The lowest BCUT2D eigenvalue weighted by molar-refractivity contribution is -0.142. The summed E-state index contributed by atoms with van der Waals surface area (Å²) < 4.78 is 0. The molecule has 0 saturated heterocycles. The van der Waals surface area contributed by atoms with Crippen LogP contribution in [0.3, 0.4) is 0 Å². The molecule has 1 aliphatic rings. The molecule has 0 unspecified atom stereocenters. The summed E-state index contributed by atoms with van der Waals surface area (Å²) in [4.78, 5) is 11.5. The van der Waals surface area contributed by atoms with Crippen LogP contribution < -0.4 is 0 Å². The smallest absolute Gasteiger partial charge is 0.306 e. The fraction of sp³-hybridized carbons (Fsp3) is 0.278. The van der Waals surface area contributed by atoms with Gasteiger partial charge >= 0.3 is 5.97 Å². The lowest BCUT2D eigenvalue weighted by atomic mass is 9.64. The first-order valence-electron chi connectivity index (χ1n) is 6.98. The Bertz CT molecular complexity index is 633. The maximum absolute atomic E-state index is 11.5. The van der Waals surface area contributed by atoms with E-state index in [0.29, 0.717) is 12.8 Å². The highest BCUT2D eigenvalue weighted by Gasteiger charge is 2.40. The van der Waals surface area contributed by atoms with Crippen LogP contribution in [0.1, 0.15) is 30.0 Å². The van der Waals surface area contributed by atoms with Crippen molar-refractivity contribution in [1.82, 2.24) is 0 Å². The summed E-state index contributed by atoms with van der Waals surface area (Å²) in [5.41, 5.74) is 3.40. The average Bonchev–Trinajstić information content (AvgIpc) is 2.48. The van der Waals surface area contributed by atoms with Gasteiger partial charge in [-0.25, -0.2) is 0 Å². The highest BCUT2D eigenvalue weighted by Crippen LogP contribution is 2.44. The van der Waals surface area contributed by atoms with Gasteiger partial charge in [0.25, 0.3) is 0 Å². The Morgan fingerprint density at radius 3 is 2.45 bits per heavy atom. The van der Waals surface area contributed by atoms with E-state index in [0.717, 1.165) is 5.56 Å². The van der Waals surface area contributed by atoms with Crippen LogP contribution in [0, 0.1) is 5.92 Å². The molecule has 20 heavy (non-hydrogen) atoms. The number of fused-ring (bicyclic) bond motifs is 1. The molecule has 1 aliphatic carbocycles. The number of benzene rings is 2. The van der Waals surface area contributed by atoms with Gasteiger partial charge in [-0.3, -0.25) is 4.79 Å². The number of hydrogen-bond acceptors (Lipinski definition) is 1. The molecule has 2 nitrogen and oxygen atoms in total. The largest absolute Gasteiger partial charge is 0.481 e. The Morgan fingerprint density at radius 1 is 1.10 bits per heavy atom. The fourth-order valence-electron chi connectivity index (χ4n) is 3.43. The minimum atomic E-state index is -0.693. The van der Waals surface area contributed by atoms with E-state index in [-0.39, 0.29) is 11.3 Å². The number of aliphatic carboxylic acids is 1. The highest BCUT2D eigenvalue weighted by atomic mass is 16.4. The van der Waals surface area contributed by atoms with Crippen molar-refractivity contribution in [1.29, 1.82) is 0 Å². The third kappa shape index (κ3) is 2.01. The lowest BCUT2D eigenvalue weighted by Crippen LogP contribution is -2.36. The minimum absolute atomic E-state index is 0.223. The molecule has 3 rings (SSSR count). The van der Waals surface area contributed by atoms with Gasteiger partial charge in [0.05, 0.1) is 5.92 Å². The van der Waals surface area contributed by atoms with Crippen LogP contribution in [0.15, 0.2) is 54.6 Å². The molecule has 1 N–H and O–H groups in total. The van der Waals surface area contributed by atoms with Gasteiger partial charge in [0, 0.05) is 5.41 Å². The van der Waals surface area contributed by atoms with Crippen molar-refractivity contribution in [2.75, 3.05) is 0 Å². The molecule has 2 aromatic rings. The molecule has 0 radical (unpaired) electrons. The molecule has 0 aromatic heterocycles. The Hall–Kier alpha value is -2.09. The van der Waals surface area contributed by atoms with Crippen molar-refractivity contribution >= 4 is 5.97 Å². The van der Waals surface area contributed by atoms with Gasteiger partial charge in [-0.2, -0.15) is 0 Å². The third-order valence-electron chi connectivity index (χ3n) is 4.49. The summed E-state index contributed by atoms with van der Waals surface area (Å²) in [6, 6.07) is 18.5. The Labute approximate surface area is 119 Å². The van der Waals surface area contributed by atoms with Crippen molar-refractivity contribution in [3.05, 3.63) is 71.3 Å². The SMILES string of the molecule is C[C@]1(c2ccccc2)C[C@@H](C(=O)O)Cc2ccccc21. The summed E-state index contributed by atoms with van der Waals surface area (Å²) >= 11 is 0. The van der Waals surface area contributed by atoms with Crippen molar-refractivity contribution < 1.29 is 9.90 Å². The quantitative estimate of drug-likeness (QED) is 0.901. The van der Waals surface area contributed by atoms with E-state index in [9.17, 15) is 9.90 Å². The molecule has 2 aromatic carbocycles. The van der Waals surface area contributed by atoms with Gasteiger partial charge in [0.1, 0.15) is 0 Å². The molecule has 0 fully saturated rings. The summed E-state index contributed by atoms with van der Waals surface area (Å²) in [6.45, 7) is 2.16. The van der Waals surface area contributed by atoms with E-state index in [1.807, 2.05) is 30.3 Å². The maximum Gasteiger partial charge on any atom is 0.306 e.